The molecule has 0 spiro atoms. The van der Waals surface area contributed by atoms with Gasteiger partial charge in [0, 0.05) is 5.56 Å². The highest BCUT2D eigenvalue weighted by atomic mass is 16.5. The Balaban J connectivity index is 3.11. The lowest BCUT2D eigenvalue weighted by atomic mass is 10.0. The highest BCUT2D eigenvalue weighted by Crippen LogP contribution is 2.23. The lowest BCUT2D eigenvalue weighted by molar-refractivity contribution is -0.137. The molecule has 0 amide bonds. The highest BCUT2D eigenvalue weighted by Gasteiger charge is 2.19. The first-order valence-corrected chi connectivity index (χ1v) is 5.38. The van der Waals surface area contributed by atoms with Gasteiger partial charge in [-0.2, -0.15) is 0 Å². The Morgan fingerprint density at radius 1 is 1.24 bits per heavy atom. The van der Waals surface area contributed by atoms with Crippen molar-refractivity contribution in [2.75, 3.05) is 13.7 Å². The highest BCUT2D eigenvalue weighted by molar-refractivity contribution is 6.40. The van der Waals surface area contributed by atoms with E-state index in [1.54, 1.807) is 19.1 Å². The van der Waals surface area contributed by atoms with Crippen molar-refractivity contribution in [3.8, 4) is 5.75 Å². The van der Waals surface area contributed by atoms with E-state index in [1.807, 2.05) is 13.8 Å². The average Bonchev–Trinajstić information content (AvgIpc) is 2.31. The van der Waals surface area contributed by atoms with E-state index in [2.05, 4.69) is 4.74 Å². The number of benzene rings is 1. The molecule has 0 atom stereocenters. The number of ketones is 1. The van der Waals surface area contributed by atoms with Gasteiger partial charge in [-0.05, 0) is 44.0 Å². The largest absolute Gasteiger partial charge is 0.496 e. The van der Waals surface area contributed by atoms with Crippen LogP contribution in [-0.2, 0) is 9.53 Å². The molecule has 0 radical (unpaired) electrons. The molecule has 1 rings (SSSR count). The molecule has 0 aromatic heterocycles. The summed E-state index contributed by atoms with van der Waals surface area (Å²) in [4.78, 5) is 23.1. The van der Waals surface area contributed by atoms with Crippen LogP contribution in [0, 0.1) is 13.8 Å². The normalized spacial score (nSPS) is 9.88. The zero-order chi connectivity index (χ0) is 13.0. The Hall–Kier alpha value is -1.84. The number of carbonyl (C=O) groups is 2. The number of methoxy groups -OCH3 is 1. The number of carbonyl (C=O) groups excluding carboxylic acids is 2. The Kier molecular flexibility index (Phi) is 4.26. The fraction of sp³-hybridized carbons (Fsp3) is 0.385. The zero-order valence-electron chi connectivity index (χ0n) is 10.5. The number of esters is 1. The van der Waals surface area contributed by atoms with E-state index in [9.17, 15) is 9.59 Å². The fourth-order valence-corrected chi connectivity index (χ4v) is 1.48. The molecular formula is C13H16O4. The quantitative estimate of drug-likeness (QED) is 0.456. The van der Waals surface area contributed by atoms with E-state index in [4.69, 9.17) is 4.74 Å². The first-order chi connectivity index (χ1) is 8.01. The summed E-state index contributed by atoms with van der Waals surface area (Å²) < 4.78 is 9.82. The maximum Gasteiger partial charge on any atom is 0.379 e. The number of rotatable bonds is 4. The van der Waals surface area contributed by atoms with Crippen LogP contribution in [0.25, 0.3) is 0 Å². The van der Waals surface area contributed by atoms with E-state index in [1.165, 1.54) is 7.11 Å². The maximum absolute atomic E-state index is 11.7. The van der Waals surface area contributed by atoms with Crippen LogP contribution in [-0.4, -0.2) is 25.5 Å². The molecule has 1 aromatic rings. The van der Waals surface area contributed by atoms with Gasteiger partial charge in [0.25, 0.3) is 5.78 Å². The molecule has 4 heteroatoms. The third kappa shape index (κ3) is 2.84. The van der Waals surface area contributed by atoms with Crippen LogP contribution in [0.2, 0.25) is 0 Å². The van der Waals surface area contributed by atoms with Crippen molar-refractivity contribution < 1.29 is 19.1 Å². The number of hydrogen-bond donors (Lipinski definition) is 0. The summed E-state index contributed by atoms with van der Waals surface area (Å²) in [6.07, 6.45) is 0. The summed E-state index contributed by atoms with van der Waals surface area (Å²) >= 11 is 0. The van der Waals surface area contributed by atoms with Crippen LogP contribution in [0.4, 0.5) is 0 Å². The van der Waals surface area contributed by atoms with Crippen molar-refractivity contribution in [1.82, 2.24) is 0 Å². The average molecular weight is 236 g/mol. The van der Waals surface area contributed by atoms with Crippen LogP contribution in [0.1, 0.15) is 28.4 Å². The van der Waals surface area contributed by atoms with Crippen molar-refractivity contribution in [3.63, 3.8) is 0 Å². The minimum absolute atomic E-state index is 0.187. The van der Waals surface area contributed by atoms with E-state index >= 15 is 0 Å². The van der Waals surface area contributed by atoms with Gasteiger partial charge in [-0.25, -0.2) is 4.79 Å². The molecule has 0 saturated heterocycles. The Labute approximate surface area is 101 Å². The van der Waals surface area contributed by atoms with Crippen LogP contribution in [0.3, 0.4) is 0 Å². The molecule has 4 nitrogen and oxygen atoms in total. The minimum atomic E-state index is -0.835. The third-order valence-corrected chi connectivity index (χ3v) is 2.56. The first-order valence-electron chi connectivity index (χ1n) is 5.38. The molecule has 0 N–H and O–H groups in total. The van der Waals surface area contributed by atoms with Crippen LogP contribution >= 0.6 is 0 Å². The molecule has 0 fully saturated rings. The van der Waals surface area contributed by atoms with Crippen molar-refractivity contribution in [2.45, 2.75) is 20.8 Å². The van der Waals surface area contributed by atoms with E-state index < -0.39 is 11.8 Å². The minimum Gasteiger partial charge on any atom is -0.496 e. The Bertz CT molecular complexity index is 449. The first kappa shape index (κ1) is 13.2. The lowest BCUT2D eigenvalue weighted by Crippen LogP contribution is -2.17. The summed E-state index contributed by atoms with van der Waals surface area (Å²) in [5.41, 5.74) is 2.15. The van der Waals surface area contributed by atoms with Crippen molar-refractivity contribution >= 4 is 11.8 Å². The molecule has 0 aliphatic carbocycles. The monoisotopic (exact) mass is 236 g/mol. The fourth-order valence-electron chi connectivity index (χ4n) is 1.48. The van der Waals surface area contributed by atoms with Crippen LogP contribution < -0.4 is 4.74 Å². The van der Waals surface area contributed by atoms with E-state index in [0.29, 0.717) is 11.3 Å². The second-order valence-corrected chi connectivity index (χ2v) is 3.67. The molecule has 0 aliphatic rings. The predicted octanol–water partition coefficient (Wildman–Crippen LogP) is 2.06. The summed E-state index contributed by atoms with van der Waals surface area (Å²) in [6.45, 7) is 5.60. The number of ether oxygens (including phenoxy) is 2. The SMILES string of the molecule is CCOC(=O)C(=O)c1cc(C)c(C)c(OC)c1. The molecule has 0 aliphatic heterocycles. The smallest absolute Gasteiger partial charge is 0.379 e. The molecule has 0 bridgehead atoms. The standard InChI is InChI=1S/C13H16O4/c1-5-17-13(15)12(14)10-6-8(2)9(3)11(7-10)16-4/h6-7H,5H2,1-4H3. The van der Waals surface area contributed by atoms with E-state index in [0.717, 1.165) is 11.1 Å². The van der Waals surface area contributed by atoms with Gasteiger partial charge in [0.05, 0.1) is 13.7 Å². The Morgan fingerprint density at radius 2 is 1.88 bits per heavy atom. The summed E-state index contributed by atoms with van der Waals surface area (Å²) in [7, 11) is 1.53. The molecule has 1 aromatic carbocycles. The van der Waals surface area contributed by atoms with E-state index in [-0.39, 0.29) is 6.61 Å². The third-order valence-electron chi connectivity index (χ3n) is 2.56. The van der Waals surface area contributed by atoms with Gasteiger partial charge in [0.1, 0.15) is 5.75 Å². The Morgan fingerprint density at radius 3 is 2.41 bits per heavy atom. The molecule has 0 unspecified atom stereocenters. The molecule has 0 heterocycles. The van der Waals surface area contributed by atoms with Gasteiger partial charge in [-0.15, -0.1) is 0 Å². The summed E-state index contributed by atoms with van der Waals surface area (Å²) in [5, 5.41) is 0. The summed E-state index contributed by atoms with van der Waals surface area (Å²) in [6, 6.07) is 3.22. The van der Waals surface area contributed by atoms with Gasteiger partial charge in [-0.1, -0.05) is 0 Å². The van der Waals surface area contributed by atoms with Crippen molar-refractivity contribution in [1.29, 1.82) is 0 Å². The molecular weight excluding hydrogens is 220 g/mol. The van der Waals surface area contributed by atoms with Crippen LogP contribution in [0.5, 0.6) is 5.75 Å². The second-order valence-electron chi connectivity index (χ2n) is 3.67. The number of aryl methyl sites for hydroxylation is 1. The maximum atomic E-state index is 11.7. The second kappa shape index (κ2) is 5.48. The van der Waals surface area contributed by atoms with Crippen LogP contribution in [0.15, 0.2) is 12.1 Å². The van der Waals surface area contributed by atoms with Gasteiger partial charge in [0.15, 0.2) is 0 Å². The topological polar surface area (TPSA) is 52.6 Å². The number of hydrogen-bond acceptors (Lipinski definition) is 4. The van der Waals surface area contributed by atoms with Crippen molar-refractivity contribution in [3.05, 3.63) is 28.8 Å². The molecule has 17 heavy (non-hydrogen) atoms. The van der Waals surface area contributed by atoms with Crippen molar-refractivity contribution in [2.24, 2.45) is 0 Å². The lowest BCUT2D eigenvalue weighted by Gasteiger charge is -2.10. The van der Waals surface area contributed by atoms with Gasteiger partial charge in [0.2, 0.25) is 0 Å². The van der Waals surface area contributed by atoms with Gasteiger partial charge < -0.3 is 9.47 Å². The molecule has 0 saturated carbocycles. The molecule has 92 valence electrons. The number of Topliss-reactive ketones (excluding diaryl/α,β-unsaturated/α-hetero) is 1. The zero-order valence-corrected chi connectivity index (χ0v) is 10.5. The predicted molar refractivity (Wildman–Crippen MR) is 63.4 cm³/mol. The van der Waals surface area contributed by atoms with Gasteiger partial charge in [-0.3, -0.25) is 4.79 Å². The van der Waals surface area contributed by atoms with Gasteiger partial charge >= 0.3 is 5.97 Å². The summed E-state index contributed by atoms with van der Waals surface area (Å²) in [5.74, 6) is -0.885.